The molecule has 3 nitrogen and oxygen atoms in total. The van der Waals surface area contributed by atoms with Crippen molar-refractivity contribution in [3.63, 3.8) is 0 Å². The van der Waals surface area contributed by atoms with Crippen molar-refractivity contribution in [2.75, 3.05) is 0 Å². The van der Waals surface area contributed by atoms with E-state index in [1.165, 1.54) is 64.2 Å². The molecule has 0 aliphatic heterocycles. The first-order valence-electron chi connectivity index (χ1n) is 9.72. The number of hydrogen-bond donors (Lipinski definition) is 3. The van der Waals surface area contributed by atoms with Crippen LogP contribution in [-0.4, -0.2) is 28.0 Å². The number of rotatable bonds is 15. The standard InChI is InChI=1S/C20H41NO2/c1-4-5-6-7-8-9-10-11-12-13-14-15-16-17-18(22)19(21)20(2,3)23/h16-19,22-23H,4-15,21H2,1-3H3/b17-16+/t18-,19+/m1/s1. The molecule has 0 saturated heterocycles. The van der Waals surface area contributed by atoms with Gasteiger partial charge in [0.1, 0.15) is 0 Å². The summed E-state index contributed by atoms with van der Waals surface area (Å²) in [6, 6.07) is -0.643. The Hall–Kier alpha value is -0.380. The van der Waals surface area contributed by atoms with Gasteiger partial charge in [0, 0.05) is 0 Å². The number of aliphatic hydroxyl groups excluding tert-OH is 1. The molecule has 0 radical (unpaired) electrons. The number of allylic oxidation sites excluding steroid dienone is 1. The van der Waals surface area contributed by atoms with Gasteiger partial charge < -0.3 is 15.9 Å². The molecule has 0 aromatic rings. The summed E-state index contributed by atoms with van der Waals surface area (Å²) in [7, 11) is 0. The lowest BCUT2D eigenvalue weighted by Gasteiger charge is -2.28. The van der Waals surface area contributed by atoms with Gasteiger partial charge in [-0.25, -0.2) is 0 Å². The van der Waals surface area contributed by atoms with E-state index in [1.807, 2.05) is 6.08 Å². The van der Waals surface area contributed by atoms with Gasteiger partial charge in [-0.1, -0.05) is 83.3 Å². The van der Waals surface area contributed by atoms with Crippen molar-refractivity contribution in [2.24, 2.45) is 5.73 Å². The Balaban J connectivity index is 3.41. The Labute approximate surface area is 144 Å². The topological polar surface area (TPSA) is 66.5 Å². The van der Waals surface area contributed by atoms with E-state index in [9.17, 15) is 10.2 Å². The van der Waals surface area contributed by atoms with Gasteiger partial charge in [-0.05, 0) is 26.7 Å². The fourth-order valence-corrected chi connectivity index (χ4v) is 2.70. The Morgan fingerprint density at radius 3 is 1.74 bits per heavy atom. The fraction of sp³-hybridized carbons (Fsp3) is 0.900. The minimum Gasteiger partial charge on any atom is -0.389 e. The molecular weight excluding hydrogens is 286 g/mol. The molecule has 0 amide bonds. The predicted octanol–water partition coefficient (Wildman–Crippen LogP) is 4.70. The highest BCUT2D eigenvalue weighted by molar-refractivity contribution is 4.99. The van der Waals surface area contributed by atoms with Crippen LogP contribution in [0.2, 0.25) is 0 Å². The van der Waals surface area contributed by atoms with Gasteiger partial charge in [0.2, 0.25) is 0 Å². The van der Waals surface area contributed by atoms with Crippen LogP contribution >= 0.6 is 0 Å². The zero-order valence-electron chi connectivity index (χ0n) is 15.8. The van der Waals surface area contributed by atoms with Gasteiger partial charge in [-0.15, -0.1) is 0 Å². The van der Waals surface area contributed by atoms with Crippen LogP contribution in [0.5, 0.6) is 0 Å². The third-order valence-electron chi connectivity index (χ3n) is 4.49. The second kappa shape index (κ2) is 14.0. The molecule has 2 atom stereocenters. The van der Waals surface area contributed by atoms with Crippen LogP contribution in [0.4, 0.5) is 0 Å². The van der Waals surface area contributed by atoms with Crippen LogP contribution in [0, 0.1) is 0 Å². The number of aliphatic hydroxyl groups is 2. The Morgan fingerprint density at radius 1 is 0.870 bits per heavy atom. The molecule has 23 heavy (non-hydrogen) atoms. The van der Waals surface area contributed by atoms with Gasteiger partial charge in [0.15, 0.2) is 0 Å². The van der Waals surface area contributed by atoms with E-state index in [0.29, 0.717) is 0 Å². The number of nitrogens with two attached hydrogens (primary N) is 1. The lowest BCUT2D eigenvalue weighted by atomic mass is 9.94. The van der Waals surface area contributed by atoms with Crippen LogP contribution < -0.4 is 5.73 Å². The van der Waals surface area contributed by atoms with E-state index >= 15 is 0 Å². The summed E-state index contributed by atoms with van der Waals surface area (Å²) in [4.78, 5) is 0. The minimum absolute atomic E-state index is 0.643. The maximum atomic E-state index is 9.86. The summed E-state index contributed by atoms with van der Waals surface area (Å²) in [6.45, 7) is 5.51. The average molecular weight is 328 g/mol. The van der Waals surface area contributed by atoms with Gasteiger partial charge in [0.25, 0.3) is 0 Å². The molecule has 0 aliphatic rings. The molecule has 0 bridgehead atoms. The molecule has 0 heterocycles. The molecule has 0 fully saturated rings. The van der Waals surface area contributed by atoms with Crippen molar-refractivity contribution in [1.82, 2.24) is 0 Å². The van der Waals surface area contributed by atoms with Crippen LogP contribution in [-0.2, 0) is 0 Å². The van der Waals surface area contributed by atoms with Crippen molar-refractivity contribution in [2.45, 2.75) is 116 Å². The van der Waals surface area contributed by atoms with Crippen molar-refractivity contribution >= 4 is 0 Å². The van der Waals surface area contributed by atoms with Crippen molar-refractivity contribution in [3.05, 3.63) is 12.2 Å². The van der Waals surface area contributed by atoms with E-state index < -0.39 is 17.7 Å². The first-order chi connectivity index (χ1) is 10.9. The molecule has 138 valence electrons. The van der Waals surface area contributed by atoms with Crippen LogP contribution in [0.15, 0.2) is 12.2 Å². The minimum atomic E-state index is -1.06. The summed E-state index contributed by atoms with van der Waals surface area (Å²) in [5, 5.41) is 19.6. The van der Waals surface area contributed by atoms with Crippen LogP contribution in [0.1, 0.15) is 97.8 Å². The second-order valence-corrected chi connectivity index (χ2v) is 7.42. The third kappa shape index (κ3) is 13.7. The van der Waals surface area contributed by atoms with Gasteiger partial charge in [-0.2, -0.15) is 0 Å². The lowest BCUT2D eigenvalue weighted by molar-refractivity contribution is 0.0102. The summed E-state index contributed by atoms with van der Waals surface area (Å²) < 4.78 is 0. The molecule has 0 saturated carbocycles. The smallest absolute Gasteiger partial charge is 0.0899 e. The molecule has 0 spiro atoms. The molecule has 3 heteroatoms. The van der Waals surface area contributed by atoms with E-state index in [4.69, 9.17) is 5.73 Å². The molecule has 0 aliphatic carbocycles. The quantitative estimate of drug-likeness (QED) is 0.301. The zero-order valence-corrected chi connectivity index (χ0v) is 15.8. The molecule has 0 aromatic heterocycles. The molecule has 0 rings (SSSR count). The normalized spacial score (nSPS) is 15.2. The van der Waals surface area contributed by atoms with Crippen molar-refractivity contribution in [3.8, 4) is 0 Å². The lowest BCUT2D eigenvalue weighted by Crippen LogP contribution is -2.50. The molecular formula is C20H41NO2. The van der Waals surface area contributed by atoms with Gasteiger partial charge in [-0.3, -0.25) is 0 Å². The van der Waals surface area contributed by atoms with E-state index in [1.54, 1.807) is 19.9 Å². The molecule has 4 N–H and O–H groups in total. The SMILES string of the molecule is CCCCCCCCCCCCC/C=C/[C@@H](O)[C@H](N)C(C)(C)O. The number of hydrogen-bond acceptors (Lipinski definition) is 3. The van der Waals surface area contributed by atoms with E-state index in [-0.39, 0.29) is 0 Å². The Bertz CT molecular complexity index is 284. The predicted molar refractivity (Wildman–Crippen MR) is 100 cm³/mol. The third-order valence-corrected chi connectivity index (χ3v) is 4.49. The van der Waals surface area contributed by atoms with Crippen molar-refractivity contribution in [1.29, 1.82) is 0 Å². The number of unbranched alkanes of at least 4 members (excludes halogenated alkanes) is 11. The van der Waals surface area contributed by atoms with Crippen LogP contribution in [0.25, 0.3) is 0 Å². The highest BCUT2D eigenvalue weighted by Crippen LogP contribution is 2.13. The van der Waals surface area contributed by atoms with Gasteiger partial charge >= 0.3 is 0 Å². The van der Waals surface area contributed by atoms with Crippen LogP contribution in [0.3, 0.4) is 0 Å². The highest BCUT2D eigenvalue weighted by atomic mass is 16.3. The van der Waals surface area contributed by atoms with E-state index in [2.05, 4.69) is 6.92 Å². The summed E-state index contributed by atoms with van der Waals surface area (Å²) in [6.07, 6.45) is 18.7. The molecule has 0 unspecified atom stereocenters. The largest absolute Gasteiger partial charge is 0.389 e. The zero-order chi connectivity index (χ0) is 17.6. The Morgan fingerprint density at radius 2 is 1.30 bits per heavy atom. The first-order valence-corrected chi connectivity index (χ1v) is 9.72. The second-order valence-electron chi connectivity index (χ2n) is 7.42. The van der Waals surface area contributed by atoms with E-state index in [0.717, 1.165) is 12.8 Å². The summed E-state index contributed by atoms with van der Waals surface area (Å²) >= 11 is 0. The fourth-order valence-electron chi connectivity index (χ4n) is 2.70. The van der Waals surface area contributed by atoms with Crippen molar-refractivity contribution < 1.29 is 10.2 Å². The molecule has 0 aromatic carbocycles. The van der Waals surface area contributed by atoms with Gasteiger partial charge in [0.05, 0.1) is 17.7 Å². The summed E-state index contributed by atoms with van der Waals surface area (Å²) in [5.74, 6) is 0. The Kier molecular flexibility index (Phi) is 13.8. The summed E-state index contributed by atoms with van der Waals surface area (Å²) in [5.41, 5.74) is 4.73. The maximum absolute atomic E-state index is 9.86. The monoisotopic (exact) mass is 327 g/mol. The maximum Gasteiger partial charge on any atom is 0.0899 e. The first kappa shape index (κ1) is 22.6. The average Bonchev–Trinajstić information content (AvgIpc) is 2.50. The highest BCUT2D eigenvalue weighted by Gasteiger charge is 2.27.